The van der Waals surface area contributed by atoms with Gasteiger partial charge in [-0.15, -0.1) is 0 Å². The third-order valence-corrected chi connectivity index (χ3v) is 2.23. The molecule has 2 aromatic rings. The van der Waals surface area contributed by atoms with Crippen molar-refractivity contribution in [3.63, 3.8) is 0 Å². The van der Waals surface area contributed by atoms with Gasteiger partial charge in [-0.2, -0.15) is 0 Å². The summed E-state index contributed by atoms with van der Waals surface area (Å²) in [6.07, 6.45) is 0. The lowest BCUT2D eigenvalue weighted by Gasteiger charge is -2.01. The fraction of sp³-hybridized carbons (Fsp3) is 0. The van der Waals surface area contributed by atoms with Crippen molar-refractivity contribution in [2.75, 3.05) is 0 Å². The minimum atomic E-state index is -0.583. The molecule has 0 saturated carbocycles. The van der Waals surface area contributed by atoms with E-state index >= 15 is 0 Å². The molecule has 0 aliphatic rings. The number of hydrogen-bond acceptors (Lipinski definition) is 3. The van der Waals surface area contributed by atoms with Crippen molar-refractivity contribution >= 4 is 22.7 Å². The summed E-state index contributed by atoms with van der Waals surface area (Å²) in [7, 11) is 0. The molecule has 0 fully saturated rings. The molecule has 2 amide bonds. The molecule has 1 aromatic heterocycles. The summed E-state index contributed by atoms with van der Waals surface area (Å²) in [6.45, 7) is 0. The van der Waals surface area contributed by atoms with E-state index in [1.54, 1.807) is 24.3 Å². The molecule has 1 heterocycles. The number of nitrogens with two attached hydrogens (primary N) is 2. The van der Waals surface area contributed by atoms with E-state index in [1.165, 1.54) is 6.07 Å². The molecule has 0 bridgehead atoms. The van der Waals surface area contributed by atoms with Crippen molar-refractivity contribution in [2.24, 2.45) is 11.5 Å². The summed E-state index contributed by atoms with van der Waals surface area (Å²) in [5.41, 5.74) is 11.5. The first-order valence-electron chi connectivity index (χ1n) is 4.58. The first-order valence-corrected chi connectivity index (χ1v) is 4.58. The van der Waals surface area contributed by atoms with E-state index in [2.05, 4.69) is 4.98 Å². The highest BCUT2D eigenvalue weighted by Gasteiger charge is 2.05. The predicted molar refractivity (Wildman–Crippen MR) is 58.8 cm³/mol. The van der Waals surface area contributed by atoms with Gasteiger partial charge >= 0.3 is 0 Å². The van der Waals surface area contributed by atoms with E-state index in [0.717, 1.165) is 5.39 Å². The number of aromatic nitrogens is 1. The smallest absolute Gasteiger partial charge is 0.267 e. The van der Waals surface area contributed by atoms with Crippen LogP contribution in [0.15, 0.2) is 30.3 Å². The third-order valence-electron chi connectivity index (χ3n) is 2.23. The zero-order valence-corrected chi connectivity index (χ0v) is 8.31. The Morgan fingerprint density at radius 2 is 1.75 bits per heavy atom. The molecule has 0 aliphatic carbocycles. The van der Waals surface area contributed by atoms with E-state index in [9.17, 15) is 9.59 Å². The van der Waals surface area contributed by atoms with Gasteiger partial charge in [0.25, 0.3) is 5.91 Å². The molecule has 0 spiro atoms. The highest BCUT2D eigenvalue weighted by atomic mass is 16.1. The normalized spacial score (nSPS) is 10.2. The van der Waals surface area contributed by atoms with Crippen LogP contribution in [0.5, 0.6) is 0 Å². The van der Waals surface area contributed by atoms with Crippen LogP contribution in [-0.2, 0) is 0 Å². The molecule has 0 radical (unpaired) electrons. The number of primary amides is 2. The summed E-state index contributed by atoms with van der Waals surface area (Å²) in [4.78, 5) is 25.9. The third kappa shape index (κ3) is 1.70. The van der Waals surface area contributed by atoms with Gasteiger partial charge in [-0.1, -0.05) is 6.07 Å². The van der Waals surface area contributed by atoms with E-state index in [1.807, 2.05) is 0 Å². The number of fused-ring (bicyclic) bond motifs is 1. The van der Waals surface area contributed by atoms with Crippen molar-refractivity contribution in [1.29, 1.82) is 0 Å². The lowest BCUT2D eigenvalue weighted by molar-refractivity contribution is 0.0989. The molecule has 0 saturated heterocycles. The van der Waals surface area contributed by atoms with Crippen molar-refractivity contribution in [3.05, 3.63) is 41.6 Å². The Morgan fingerprint density at radius 1 is 1.00 bits per heavy atom. The van der Waals surface area contributed by atoms with Crippen LogP contribution in [-0.4, -0.2) is 16.8 Å². The number of nitrogens with zero attached hydrogens (tertiary/aromatic N) is 1. The summed E-state index contributed by atoms with van der Waals surface area (Å²) >= 11 is 0. The second-order valence-corrected chi connectivity index (χ2v) is 3.33. The topological polar surface area (TPSA) is 99.1 Å². The van der Waals surface area contributed by atoms with Crippen molar-refractivity contribution in [3.8, 4) is 0 Å². The monoisotopic (exact) mass is 215 g/mol. The molecule has 5 heteroatoms. The Hall–Kier alpha value is -2.43. The van der Waals surface area contributed by atoms with Gasteiger partial charge in [0, 0.05) is 10.9 Å². The number of carbonyl (C=O) groups is 2. The molecule has 2 rings (SSSR count). The fourth-order valence-electron chi connectivity index (χ4n) is 1.42. The maximum absolute atomic E-state index is 10.9. The number of amides is 2. The van der Waals surface area contributed by atoms with Crippen LogP contribution in [0.25, 0.3) is 10.9 Å². The molecule has 0 atom stereocenters. The van der Waals surface area contributed by atoms with Gasteiger partial charge in [0.1, 0.15) is 5.69 Å². The lowest BCUT2D eigenvalue weighted by atomic mass is 10.1. The SMILES string of the molecule is NC(=O)c1ccc2nc(C(N)=O)ccc2c1. The first-order chi connectivity index (χ1) is 7.58. The van der Waals surface area contributed by atoms with E-state index < -0.39 is 11.8 Å². The zero-order valence-electron chi connectivity index (χ0n) is 8.31. The zero-order chi connectivity index (χ0) is 11.7. The molecule has 80 valence electrons. The van der Waals surface area contributed by atoms with Gasteiger partial charge < -0.3 is 11.5 Å². The second kappa shape index (κ2) is 3.62. The average Bonchev–Trinajstić information content (AvgIpc) is 2.27. The largest absolute Gasteiger partial charge is 0.366 e. The molecule has 0 aliphatic heterocycles. The minimum absolute atomic E-state index is 0.194. The van der Waals surface area contributed by atoms with E-state index in [0.29, 0.717) is 11.1 Å². The highest BCUT2D eigenvalue weighted by molar-refractivity contribution is 5.98. The molecule has 16 heavy (non-hydrogen) atoms. The number of benzene rings is 1. The van der Waals surface area contributed by atoms with E-state index in [-0.39, 0.29) is 5.69 Å². The lowest BCUT2D eigenvalue weighted by Crippen LogP contribution is -2.13. The van der Waals surface area contributed by atoms with Crippen LogP contribution < -0.4 is 11.5 Å². The second-order valence-electron chi connectivity index (χ2n) is 3.33. The quantitative estimate of drug-likeness (QED) is 0.759. The summed E-state index contributed by atoms with van der Waals surface area (Å²) in [6, 6.07) is 7.99. The van der Waals surface area contributed by atoms with Crippen LogP contribution in [0.2, 0.25) is 0 Å². The van der Waals surface area contributed by atoms with Gasteiger partial charge in [0.05, 0.1) is 5.52 Å². The molecular weight excluding hydrogens is 206 g/mol. The highest BCUT2D eigenvalue weighted by Crippen LogP contribution is 2.14. The van der Waals surface area contributed by atoms with Crippen LogP contribution >= 0.6 is 0 Å². The Balaban J connectivity index is 2.61. The Bertz CT molecular complexity index is 540. The standard InChI is InChI=1S/C11H9N3O2/c12-10(15)7-2-3-8-6(5-7)1-4-9(14-8)11(13)16/h1-5H,(H2,12,15)(H2,13,16). The summed E-state index contributed by atoms with van der Waals surface area (Å²) < 4.78 is 0. The Kier molecular flexibility index (Phi) is 2.28. The van der Waals surface area contributed by atoms with Crippen LogP contribution in [0.3, 0.4) is 0 Å². The Morgan fingerprint density at radius 3 is 2.38 bits per heavy atom. The molecular formula is C11H9N3O2. The van der Waals surface area contributed by atoms with Crippen LogP contribution in [0.1, 0.15) is 20.8 Å². The number of hydrogen-bond donors (Lipinski definition) is 2. The summed E-state index contributed by atoms with van der Waals surface area (Å²) in [5, 5.41) is 0.737. The van der Waals surface area contributed by atoms with Gasteiger partial charge in [0.15, 0.2) is 0 Å². The predicted octanol–water partition coefficient (Wildman–Crippen LogP) is 0.433. The maximum Gasteiger partial charge on any atom is 0.267 e. The molecule has 5 nitrogen and oxygen atoms in total. The van der Waals surface area contributed by atoms with Crippen molar-refractivity contribution in [1.82, 2.24) is 4.98 Å². The molecule has 0 unspecified atom stereocenters. The van der Waals surface area contributed by atoms with Crippen molar-refractivity contribution in [2.45, 2.75) is 0 Å². The fourth-order valence-corrected chi connectivity index (χ4v) is 1.42. The number of rotatable bonds is 2. The van der Waals surface area contributed by atoms with Crippen LogP contribution in [0, 0.1) is 0 Å². The van der Waals surface area contributed by atoms with Gasteiger partial charge in [0.2, 0.25) is 5.91 Å². The number of pyridine rings is 1. The molecule has 4 N–H and O–H groups in total. The van der Waals surface area contributed by atoms with Gasteiger partial charge in [-0.3, -0.25) is 9.59 Å². The molecule has 1 aromatic carbocycles. The van der Waals surface area contributed by atoms with Gasteiger partial charge in [-0.05, 0) is 24.3 Å². The summed E-state index contributed by atoms with van der Waals surface area (Å²) in [5.74, 6) is -1.08. The van der Waals surface area contributed by atoms with Crippen LogP contribution in [0.4, 0.5) is 0 Å². The average molecular weight is 215 g/mol. The Labute approximate surface area is 91.1 Å². The van der Waals surface area contributed by atoms with Gasteiger partial charge in [-0.25, -0.2) is 4.98 Å². The minimum Gasteiger partial charge on any atom is -0.366 e. The van der Waals surface area contributed by atoms with Crippen molar-refractivity contribution < 1.29 is 9.59 Å². The van der Waals surface area contributed by atoms with E-state index in [4.69, 9.17) is 11.5 Å². The maximum atomic E-state index is 10.9. The first kappa shape index (κ1) is 10.1. The number of carbonyl (C=O) groups excluding carboxylic acids is 2.